The average Bonchev–Trinajstić information content (AvgIpc) is 3.71. The number of rotatable bonds is 7. The summed E-state index contributed by atoms with van der Waals surface area (Å²) in [5.74, 6) is -1.89. The minimum absolute atomic E-state index is 0.0163. The summed E-state index contributed by atoms with van der Waals surface area (Å²) < 4.78 is 38.6. The molecule has 1 aliphatic heterocycles. The molecule has 0 saturated heterocycles. The van der Waals surface area contributed by atoms with Gasteiger partial charge in [0.05, 0.1) is 48.5 Å². The van der Waals surface area contributed by atoms with E-state index in [-0.39, 0.29) is 36.5 Å². The van der Waals surface area contributed by atoms with Gasteiger partial charge < -0.3 is 14.7 Å². The van der Waals surface area contributed by atoms with Gasteiger partial charge in [-0.2, -0.15) is 15.3 Å². The maximum absolute atomic E-state index is 15.9. The van der Waals surface area contributed by atoms with Crippen LogP contribution in [0.4, 0.5) is 8.78 Å². The Balaban J connectivity index is 1.52. The normalized spacial score (nSPS) is 14.6. The average molecular weight is 625 g/mol. The predicted molar refractivity (Wildman–Crippen MR) is 168 cm³/mol. The highest BCUT2D eigenvalue weighted by molar-refractivity contribution is 7.18. The maximum atomic E-state index is 15.9. The Labute approximate surface area is 260 Å². The Bertz CT molecular complexity index is 2130. The van der Waals surface area contributed by atoms with E-state index in [0.29, 0.717) is 40.4 Å². The van der Waals surface area contributed by atoms with Gasteiger partial charge in [0.2, 0.25) is 5.91 Å². The molecule has 12 heteroatoms. The van der Waals surface area contributed by atoms with E-state index in [0.717, 1.165) is 39.5 Å². The number of hydrogen-bond acceptors (Lipinski definition) is 8. The summed E-state index contributed by atoms with van der Waals surface area (Å²) in [5, 5.41) is 26.8. The number of benzene rings is 2. The molecule has 0 spiro atoms. The van der Waals surface area contributed by atoms with E-state index >= 15 is 4.39 Å². The molecule has 1 N–H and O–H groups in total. The van der Waals surface area contributed by atoms with Gasteiger partial charge in [-0.05, 0) is 36.6 Å². The van der Waals surface area contributed by atoms with E-state index in [9.17, 15) is 14.3 Å². The first-order valence-corrected chi connectivity index (χ1v) is 15.1. The number of halogens is 2. The maximum Gasteiger partial charge on any atom is 0.246 e. The minimum Gasteiger partial charge on any atom is -0.490 e. The minimum atomic E-state index is -0.835. The Kier molecular flexibility index (Phi) is 7.30. The third-order valence-electron chi connectivity index (χ3n) is 8.01. The molecule has 2 aromatic carbocycles. The molecule has 0 fully saturated rings. The van der Waals surface area contributed by atoms with E-state index in [1.807, 2.05) is 47.3 Å². The fourth-order valence-corrected chi connectivity index (χ4v) is 6.85. The van der Waals surface area contributed by atoms with Crippen molar-refractivity contribution >= 4 is 38.1 Å². The molecule has 45 heavy (non-hydrogen) atoms. The van der Waals surface area contributed by atoms with Crippen LogP contribution in [0.15, 0.2) is 72.9 Å². The molecule has 0 unspecified atom stereocenters. The van der Waals surface area contributed by atoms with Crippen LogP contribution in [0.5, 0.6) is 5.75 Å². The van der Waals surface area contributed by atoms with Crippen LogP contribution in [-0.4, -0.2) is 60.6 Å². The first kappa shape index (κ1) is 28.7. The number of pyridine rings is 1. The van der Waals surface area contributed by atoms with Crippen molar-refractivity contribution in [3.05, 3.63) is 90.2 Å². The van der Waals surface area contributed by atoms with Gasteiger partial charge in [0.1, 0.15) is 35.4 Å². The zero-order valence-electron chi connectivity index (χ0n) is 24.1. The summed E-state index contributed by atoms with van der Waals surface area (Å²) in [6, 6.07) is 11.2. The van der Waals surface area contributed by atoms with Crippen molar-refractivity contribution in [1.82, 2.24) is 29.9 Å². The Hall–Kier alpha value is -5.07. The van der Waals surface area contributed by atoms with E-state index < -0.39 is 11.6 Å². The van der Waals surface area contributed by atoms with Crippen molar-refractivity contribution in [1.29, 1.82) is 0 Å². The highest BCUT2D eigenvalue weighted by Gasteiger charge is 2.31. The topological polar surface area (TPSA) is 106 Å². The second-order valence-electron chi connectivity index (χ2n) is 10.6. The van der Waals surface area contributed by atoms with Gasteiger partial charge >= 0.3 is 0 Å². The van der Waals surface area contributed by atoms with Crippen LogP contribution in [0.3, 0.4) is 0 Å². The smallest absolute Gasteiger partial charge is 0.246 e. The molecule has 1 atom stereocenters. The van der Waals surface area contributed by atoms with Gasteiger partial charge in [-0.1, -0.05) is 18.7 Å². The molecule has 0 aliphatic carbocycles. The van der Waals surface area contributed by atoms with Gasteiger partial charge in [0.25, 0.3) is 0 Å². The Morgan fingerprint density at radius 3 is 2.71 bits per heavy atom. The van der Waals surface area contributed by atoms with Crippen LogP contribution in [0, 0.1) is 11.6 Å². The number of thiophene rings is 1. The summed E-state index contributed by atoms with van der Waals surface area (Å²) in [6.45, 7) is 5.94. The third kappa shape index (κ3) is 4.92. The number of carbonyl (C=O) groups excluding carboxylic acids is 1. The standard InChI is InChI=1S/C33H26F2N6O3S/c1-3-28(43)40-7-8-41-26(18(40)2)15-25(39-41)32-30(29-24(35)13-22(34)14-27(29)44-10-9-42)33-23(6-11-45-33)31(38-32)19-4-5-20-16-36-37-17-21(20)12-19/h3-6,11-18,42H,1,7-10H2,2H3/t18-/m1/s1. The highest BCUT2D eigenvalue weighted by Crippen LogP contribution is 2.47. The number of carbonyl (C=O) groups is 1. The van der Waals surface area contributed by atoms with Gasteiger partial charge in [0, 0.05) is 50.7 Å². The van der Waals surface area contributed by atoms with E-state index in [4.69, 9.17) is 14.8 Å². The molecular weight excluding hydrogens is 598 g/mol. The lowest BCUT2D eigenvalue weighted by atomic mass is 9.96. The molecular formula is C33H26F2N6O3S. The molecule has 1 aliphatic rings. The summed E-state index contributed by atoms with van der Waals surface area (Å²) in [6.07, 6.45) is 4.66. The first-order valence-electron chi connectivity index (χ1n) is 14.2. The molecule has 4 aromatic heterocycles. The van der Waals surface area contributed by atoms with Gasteiger partial charge in [-0.15, -0.1) is 11.3 Å². The molecule has 0 saturated carbocycles. The van der Waals surface area contributed by atoms with Crippen LogP contribution in [-0.2, 0) is 11.3 Å². The molecule has 7 rings (SSSR count). The van der Waals surface area contributed by atoms with Crippen molar-refractivity contribution < 1.29 is 23.4 Å². The fourth-order valence-electron chi connectivity index (χ4n) is 5.90. The van der Waals surface area contributed by atoms with Crippen molar-refractivity contribution in [2.45, 2.75) is 19.5 Å². The molecule has 1 amide bonds. The number of aromatic nitrogens is 5. The molecule has 5 heterocycles. The molecule has 6 aromatic rings. The second kappa shape index (κ2) is 11.5. The van der Waals surface area contributed by atoms with Crippen molar-refractivity contribution in [2.75, 3.05) is 19.8 Å². The van der Waals surface area contributed by atoms with Crippen LogP contribution < -0.4 is 4.74 Å². The SMILES string of the molecule is C=CC(=O)N1CCn2nc(-c3nc(-c4ccc5cnncc5c4)c4ccsc4c3-c3c(F)cc(F)cc3OCCO)cc2[C@H]1C. The zero-order chi connectivity index (χ0) is 31.2. The molecule has 0 bridgehead atoms. The van der Waals surface area contributed by atoms with Crippen LogP contribution in [0.1, 0.15) is 18.7 Å². The van der Waals surface area contributed by atoms with E-state index in [1.165, 1.54) is 17.4 Å². The molecule has 226 valence electrons. The summed E-state index contributed by atoms with van der Waals surface area (Å²) in [4.78, 5) is 19.4. The van der Waals surface area contributed by atoms with Crippen molar-refractivity contribution in [2.24, 2.45) is 0 Å². The molecule has 0 radical (unpaired) electrons. The first-order chi connectivity index (χ1) is 21.9. The van der Waals surface area contributed by atoms with Gasteiger partial charge in [-0.3, -0.25) is 9.48 Å². The largest absolute Gasteiger partial charge is 0.490 e. The van der Waals surface area contributed by atoms with Gasteiger partial charge in [-0.25, -0.2) is 13.8 Å². The quantitative estimate of drug-likeness (QED) is 0.212. The second-order valence-corrected chi connectivity index (χ2v) is 11.5. The summed E-state index contributed by atoms with van der Waals surface area (Å²) in [5.41, 5.74) is 3.47. The zero-order valence-corrected chi connectivity index (χ0v) is 24.9. The fraction of sp³-hybridized carbons (Fsp3) is 0.182. The van der Waals surface area contributed by atoms with E-state index in [1.54, 1.807) is 17.3 Å². The number of fused-ring (bicyclic) bond motifs is 3. The predicted octanol–water partition coefficient (Wildman–Crippen LogP) is 6.18. The highest BCUT2D eigenvalue weighted by atomic mass is 32.1. The Morgan fingerprint density at radius 1 is 1.09 bits per heavy atom. The lowest BCUT2D eigenvalue weighted by molar-refractivity contribution is -0.129. The molecule has 9 nitrogen and oxygen atoms in total. The summed E-state index contributed by atoms with van der Waals surface area (Å²) in [7, 11) is 0. The lowest BCUT2D eigenvalue weighted by Gasteiger charge is -2.33. The van der Waals surface area contributed by atoms with Crippen LogP contribution >= 0.6 is 11.3 Å². The van der Waals surface area contributed by atoms with Crippen LogP contribution in [0.25, 0.3) is 54.6 Å². The Morgan fingerprint density at radius 2 is 1.91 bits per heavy atom. The van der Waals surface area contributed by atoms with Crippen molar-refractivity contribution in [3.63, 3.8) is 0 Å². The lowest BCUT2D eigenvalue weighted by Crippen LogP contribution is -2.40. The monoisotopic (exact) mass is 624 g/mol. The number of ether oxygens (including phenoxy) is 1. The van der Waals surface area contributed by atoms with Crippen molar-refractivity contribution in [3.8, 4) is 39.5 Å². The van der Waals surface area contributed by atoms with Crippen LogP contribution in [0.2, 0.25) is 0 Å². The number of nitrogens with zero attached hydrogens (tertiary/aromatic N) is 6. The third-order valence-corrected chi connectivity index (χ3v) is 8.94. The number of aliphatic hydroxyl groups excluding tert-OH is 1. The number of hydrogen-bond donors (Lipinski definition) is 1. The van der Waals surface area contributed by atoms with Gasteiger partial charge in [0.15, 0.2) is 0 Å². The summed E-state index contributed by atoms with van der Waals surface area (Å²) >= 11 is 1.39. The number of amides is 1. The number of aliphatic hydroxyl groups is 1. The van der Waals surface area contributed by atoms with E-state index in [2.05, 4.69) is 16.8 Å².